The van der Waals surface area contributed by atoms with Gasteiger partial charge in [0.05, 0.1) is 11.4 Å². The zero-order valence-corrected chi connectivity index (χ0v) is 18.6. The molecular formula is C24H29N9. The molecule has 0 aromatic carbocycles. The second-order valence-corrected chi connectivity index (χ2v) is 8.45. The molecule has 4 aromatic rings. The second kappa shape index (κ2) is 9.50. The Morgan fingerprint density at radius 2 is 1.85 bits per heavy atom. The lowest BCUT2D eigenvalue weighted by molar-refractivity contribution is 0.504. The van der Waals surface area contributed by atoms with E-state index in [4.69, 9.17) is 16.5 Å². The van der Waals surface area contributed by atoms with Gasteiger partial charge in [0.2, 0.25) is 5.95 Å². The Bertz CT molecular complexity index is 1210. The zero-order valence-electron chi connectivity index (χ0n) is 18.6. The van der Waals surface area contributed by atoms with Gasteiger partial charge in [-0.05, 0) is 49.6 Å². The van der Waals surface area contributed by atoms with Crippen LogP contribution in [0.15, 0.2) is 42.7 Å². The molecule has 1 fully saturated rings. The van der Waals surface area contributed by atoms with Crippen LogP contribution in [-0.2, 0) is 13.0 Å². The standard InChI is InChI=1S/C24H29N9/c25-12-5-9-20-30-21-22(31-24(26)32-23(21)33(20)17-6-1-2-7-17)29-15-16-10-11-19(28-14-16)18-8-3-4-13-27-18/h3-4,8,10-11,13-14,17H,1-2,5-7,9,12,15,25H2,(H3,26,29,31,32). The van der Waals surface area contributed by atoms with Crippen molar-refractivity contribution < 1.29 is 0 Å². The Kier molecular flexibility index (Phi) is 6.12. The van der Waals surface area contributed by atoms with Crippen molar-refractivity contribution in [2.24, 2.45) is 5.73 Å². The van der Waals surface area contributed by atoms with Crippen molar-refractivity contribution >= 4 is 22.9 Å². The maximum absolute atomic E-state index is 6.11. The van der Waals surface area contributed by atoms with Crippen molar-refractivity contribution in [1.82, 2.24) is 29.5 Å². The Morgan fingerprint density at radius 3 is 2.58 bits per heavy atom. The van der Waals surface area contributed by atoms with E-state index in [2.05, 4.69) is 29.8 Å². The molecule has 0 amide bonds. The zero-order chi connectivity index (χ0) is 22.6. The number of nitrogens with one attached hydrogen (secondary N) is 1. The first kappa shape index (κ1) is 21.3. The molecule has 1 saturated carbocycles. The van der Waals surface area contributed by atoms with Crippen molar-refractivity contribution in [3.8, 4) is 11.4 Å². The predicted molar refractivity (Wildman–Crippen MR) is 129 cm³/mol. The highest BCUT2D eigenvalue weighted by molar-refractivity contribution is 5.85. The summed E-state index contributed by atoms with van der Waals surface area (Å²) >= 11 is 0. The number of nitrogen functional groups attached to an aromatic ring is 1. The smallest absolute Gasteiger partial charge is 0.224 e. The highest BCUT2D eigenvalue weighted by atomic mass is 15.2. The molecule has 0 bridgehead atoms. The molecule has 4 heterocycles. The number of imidazole rings is 1. The van der Waals surface area contributed by atoms with Gasteiger partial charge in [0.1, 0.15) is 5.82 Å². The van der Waals surface area contributed by atoms with Crippen LogP contribution in [0.2, 0.25) is 0 Å². The molecule has 5 rings (SSSR count). The monoisotopic (exact) mass is 443 g/mol. The minimum Gasteiger partial charge on any atom is -0.368 e. The first-order valence-electron chi connectivity index (χ1n) is 11.6. The van der Waals surface area contributed by atoms with Crippen molar-refractivity contribution in [2.45, 2.75) is 51.1 Å². The molecule has 9 nitrogen and oxygen atoms in total. The Balaban J connectivity index is 1.42. The summed E-state index contributed by atoms with van der Waals surface area (Å²) < 4.78 is 2.28. The summed E-state index contributed by atoms with van der Waals surface area (Å²) in [6.45, 7) is 1.18. The van der Waals surface area contributed by atoms with Crippen molar-refractivity contribution in [1.29, 1.82) is 0 Å². The van der Waals surface area contributed by atoms with Gasteiger partial charge in [-0.2, -0.15) is 9.97 Å². The van der Waals surface area contributed by atoms with Crippen molar-refractivity contribution in [3.05, 3.63) is 54.1 Å². The average Bonchev–Trinajstić information content (AvgIpc) is 3.49. The second-order valence-electron chi connectivity index (χ2n) is 8.45. The van der Waals surface area contributed by atoms with Crippen molar-refractivity contribution in [2.75, 3.05) is 17.6 Å². The van der Waals surface area contributed by atoms with Gasteiger partial charge in [0.15, 0.2) is 17.0 Å². The number of nitrogens with two attached hydrogens (primary N) is 2. The van der Waals surface area contributed by atoms with Crippen LogP contribution in [0, 0.1) is 0 Å². The maximum atomic E-state index is 6.11. The predicted octanol–water partition coefficient (Wildman–Crippen LogP) is 3.48. The van der Waals surface area contributed by atoms with Crippen LogP contribution < -0.4 is 16.8 Å². The minimum absolute atomic E-state index is 0.248. The van der Waals surface area contributed by atoms with Crippen LogP contribution in [0.1, 0.15) is 49.5 Å². The number of nitrogens with zero attached hydrogens (tertiary/aromatic N) is 6. The van der Waals surface area contributed by atoms with Gasteiger partial charge in [-0.25, -0.2) is 4.98 Å². The SMILES string of the molecule is NCCCc1nc2c(NCc3ccc(-c4ccccn4)nc3)nc(N)nc2n1C1CCCC1. The van der Waals surface area contributed by atoms with Crippen LogP contribution in [0.5, 0.6) is 0 Å². The van der Waals surface area contributed by atoms with Crippen LogP contribution in [-0.4, -0.2) is 36.0 Å². The molecule has 0 spiro atoms. The van der Waals surface area contributed by atoms with Gasteiger partial charge in [0.25, 0.3) is 0 Å². The number of fused-ring (bicyclic) bond motifs is 1. The number of hydrogen-bond acceptors (Lipinski definition) is 8. The third-order valence-corrected chi connectivity index (χ3v) is 6.14. The lowest BCUT2D eigenvalue weighted by Crippen LogP contribution is -2.12. The highest BCUT2D eigenvalue weighted by Gasteiger charge is 2.25. The molecular weight excluding hydrogens is 414 g/mol. The van der Waals surface area contributed by atoms with E-state index in [1.54, 1.807) is 6.20 Å². The third-order valence-electron chi connectivity index (χ3n) is 6.14. The van der Waals surface area contributed by atoms with E-state index in [1.165, 1.54) is 12.8 Å². The van der Waals surface area contributed by atoms with Crippen molar-refractivity contribution in [3.63, 3.8) is 0 Å². The molecule has 9 heteroatoms. The van der Waals surface area contributed by atoms with Gasteiger partial charge >= 0.3 is 0 Å². The number of hydrogen-bond donors (Lipinski definition) is 3. The van der Waals surface area contributed by atoms with E-state index in [0.717, 1.165) is 59.6 Å². The molecule has 1 aliphatic rings. The number of rotatable bonds is 8. The lowest BCUT2D eigenvalue weighted by atomic mass is 10.2. The molecule has 0 radical (unpaired) electrons. The van der Waals surface area contributed by atoms with E-state index in [0.29, 0.717) is 24.9 Å². The van der Waals surface area contributed by atoms with E-state index in [1.807, 2.05) is 36.5 Å². The fraction of sp³-hybridized carbons (Fsp3) is 0.375. The minimum atomic E-state index is 0.248. The Hall–Kier alpha value is -3.59. The summed E-state index contributed by atoms with van der Waals surface area (Å²) in [4.78, 5) is 22.9. The Labute approximate surface area is 192 Å². The van der Waals surface area contributed by atoms with Crippen LogP contribution >= 0.6 is 0 Å². The highest BCUT2D eigenvalue weighted by Crippen LogP contribution is 2.35. The van der Waals surface area contributed by atoms with E-state index < -0.39 is 0 Å². The average molecular weight is 444 g/mol. The first-order chi connectivity index (χ1) is 16.2. The first-order valence-corrected chi connectivity index (χ1v) is 11.6. The quantitative estimate of drug-likeness (QED) is 0.377. The summed E-state index contributed by atoms with van der Waals surface area (Å²) in [5.41, 5.74) is 16.2. The number of aromatic nitrogens is 6. The van der Waals surface area contributed by atoms with Crippen LogP contribution in [0.4, 0.5) is 11.8 Å². The van der Waals surface area contributed by atoms with Gasteiger partial charge in [-0.3, -0.25) is 9.97 Å². The number of anilines is 2. The van der Waals surface area contributed by atoms with Gasteiger partial charge in [-0.15, -0.1) is 0 Å². The molecule has 0 aliphatic heterocycles. The molecule has 4 aromatic heterocycles. The fourth-order valence-corrected chi connectivity index (χ4v) is 4.52. The van der Waals surface area contributed by atoms with Gasteiger partial charge < -0.3 is 21.4 Å². The molecule has 5 N–H and O–H groups in total. The van der Waals surface area contributed by atoms with Crippen LogP contribution in [0.25, 0.3) is 22.6 Å². The van der Waals surface area contributed by atoms with Crippen LogP contribution in [0.3, 0.4) is 0 Å². The molecule has 1 aliphatic carbocycles. The molecule has 170 valence electrons. The summed E-state index contributed by atoms with van der Waals surface area (Å²) in [6, 6.07) is 10.2. The number of aryl methyl sites for hydroxylation is 1. The molecule has 0 saturated heterocycles. The summed E-state index contributed by atoms with van der Waals surface area (Å²) in [7, 11) is 0. The van der Waals surface area contributed by atoms with Gasteiger partial charge in [-0.1, -0.05) is 25.0 Å². The largest absolute Gasteiger partial charge is 0.368 e. The summed E-state index contributed by atoms with van der Waals surface area (Å²) in [5.74, 6) is 1.92. The fourth-order valence-electron chi connectivity index (χ4n) is 4.52. The normalized spacial score (nSPS) is 14.2. The Morgan fingerprint density at radius 1 is 1.00 bits per heavy atom. The van der Waals surface area contributed by atoms with Gasteiger partial charge in [0, 0.05) is 31.4 Å². The van der Waals surface area contributed by atoms with E-state index in [9.17, 15) is 0 Å². The lowest BCUT2D eigenvalue weighted by Gasteiger charge is -2.16. The molecule has 0 unspecified atom stereocenters. The third kappa shape index (κ3) is 4.49. The summed E-state index contributed by atoms with van der Waals surface area (Å²) in [5, 5.41) is 3.40. The molecule has 33 heavy (non-hydrogen) atoms. The maximum Gasteiger partial charge on any atom is 0.224 e. The summed E-state index contributed by atoms with van der Waals surface area (Å²) in [6.07, 6.45) is 10.1. The number of pyridine rings is 2. The van der Waals surface area contributed by atoms with E-state index in [-0.39, 0.29) is 5.95 Å². The molecule has 0 atom stereocenters. The topological polar surface area (TPSA) is 133 Å². The van der Waals surface area contributed by atoms with E-state index >= 15 is 0 Å².